The minimum atomic E-state index is -0.835. The van der Waals surface area contributed by atoms with Gasteiger partial charge in [0, 0.05) is 11.5 Å². The van der Waals surface area contributed by atoms with Crippen LogP contribution in [0.1, 0.15) is 45.4 Å². The van der Waals surface area contributed by atoms with Crippen LogP contribution in [0.4, 0.5) is 14.5 Å². The van der Waals surface area contributed by atoms with Gasteiger partial charge in [0.15, 0.2) is 0 Å². The third-order valence-corrected chi connectivity index (χ3v) is 6.45. The lowest BCUT2D eigenvalue weighted by Crippen LogP contribution is -2.56. The second-order valence-electron chi connectivity index (χ2n) is 8.51. The molecule has 0 heterocycles. The smallest absolute Gasteiger partial charge is 0.246 e. The molecule has 4 aliphatic rings. The second kappa shape index (κ2) is 6.32. The summed E-state index contributed by atoms with van der Waals surface area (Å²) < 4.78 is 26.7. The van der Waals surface area contributed by atoms with E-state index in [-0.39, 0.29) is 17.0 Å². The molecule has 26 heavy (non-hydrogen) atoms. The van der Waals surface area contributed by atoms with E-state index in [4.69, 9.17) is 0 Å². The Morgan fingerprint density at radius 3 is 2.19 bits per heavy atom. The summed E-state index contributed by atoms with van der Waals surface area (Å²) in [5, 5.41) is 5.26. The second-order valence-corrected chi connectivity index (χ2v) is 8.51. The molecule has 2 amide bonds. The molecule has 6 heteroatoms. The number of benzene rings is 1. The van der Waals surface area contributed by atoms with Gasteiger partial charge in [-0.3, -0.25) is 9.59 Å². The molecule has 0 spiro atoms. The Hall–Kier alpha value is -1.98. The normalized spacial score (nSPS) is 33.0. The van der Waals surface area contributed by atoms with Crippen LogP contribution in [-0.2, 0) is 9.59 Å². The van der Waals surface area contributed by atoms with Gasteiger partial charge in [-0.15, -0.1) is 0 Å². The predicted octanol–water partition coefficient (Wildman–Crippen LogP) is 3.62. The number of carbonyl (C=O) groups is 2. The maximum atomic E-state index is 13.7. The highest BCUT2D eigenvalue weighted by molar-refractivity contribution is 5.97. The van der Waals surface area contributed by atoms with Gasteiger partial charge in [0.2, 0.25) is 11.8 Å². The molecular formula is C20H24F2N2O2. The quantitative estimate of drug-likeness (QED) is 0.859. The molecule has 0 aliphatic heterocycles. The van der Waals surface area contributed by atoms with Crippen molar-refractivity contribution in [2.45, 2.75) is 51.5 Å². The standard InChI is InChI=1S/C20H24F2N2O2/c1-11(18(25)24-17-3-2-15(21)7-16(17)22)23-19(26)20-8-12-4-13(9-20)6-14(5-12)10-20/h2-3,7,11-14H,4-6,8-10H2,1H3,(H,23,26)(H,24,25)/t11-,12?,13?,14?,20?/m0/s1. The molecule has 0 saturated heterocycles. The topological polar surface area (TPSA) is 58.2 Å². The molecular weight excluding hydrogens is 338 g/mol. The van der Waals surface area contributed by atoms with E-state index in [9.17, 15) is 18.4 Å². The van der Waals surface area contributed by atoms with E-state index in [1.54, 1.807) is 6.92 Å². The van der Waals surface area contributed by atoms with E-state index < -0.39 is 23.6 Å². The average molecular weight is 362 g/mol. The first-order chi connectivity index (χ1) is 12.3. The minimum absolute atomic E-state index is 0.0428. The number of hydrogen-bond acceptors (Lipinski definition) is 2. The van der Waals surface area contributed by atoms with Gasteiger partial charge >= 0.3 is 0 Å². The minimum Gasteiger partial charge on any atom is -0.344 e. The van der Waals surface area contributed by atoms with Crippen LogP contribution in [0.15, 0.2) is 18.2 Å². The average Bonchev–Trinajstić information content (AvgIpc) is 2.56. The highest BCUT2D eigenvalue weighted by Gasteiger charge is 2.54. The zero-order valence-corrected chi connectivity index (χ0v) is 14.9. The summed E-state index contributed by atoms with van der Waals surface area (Å²) in [7, 11) is 0. The maximum Gasteiger partial charge on any atom is 0.246 e. The van der Waals surface area contributed by atoms with Crippen molar-refractivity contribution in [1.82, 2.24) is 5.32 Å². The van der Waals surface area contributed by atoms with Gasteiger partial charge in [0.05, 0.1) is 5.69 Å². The molecule has 140 valence electrons. The molecule has 2 N–H and O–H groups in total. The first kappa shape index (κ1) is 17.4. The molecule has 4 aliphatic carbocycles. The van der Waals surface area contributed by atoms with Crippen molar-refractivity contribution in [1.29, 1.82) is 0 Å². The van der Waals surface area contributed by atoms with Crippen LogP contribution in [0.2, 0.25) is 0 Å². The Morgan fingerprint density at radius 2 is 1.65 bits per heavy atom. The van der Waals surface area contributed by atoms with Gasteiger partial charge in [0.25, 0.3) is 0 Å². The number of anilines is 1. The molecule has 0 radical (unpaired) electrons. The van der Waals surface area contributed by atoms with E-state index in [1.165, 1.54) is 25.3 Å². The lowest BCUT2D eigenvalue weighted by atomic mass is 9.49. The number of rotatable bonds is 4. The van der Waals surface area contributed by atoms with Crippen LogP contribution in [-0.4, -0.2) is 17.9 Å². The SMILES string of the molecule is C[C@H](NC(=O)C12CC3CC(CC(C3)C1)C2)C(=O)Nc1ccc(F)cc1F. The molecule has 1 aromatic rings. The maximum absolute atomic E-state index is 13.7. The third-order valence-electron chi connectivity index (χ3n) is 6.45. The van der Waals surface area contributed by atoms with Gasteiger partial charge in [-0.25, -0.2) is 8.78 Å². The molecule has 4 nitrogen and oxygen atoms in total. The zero-order valence-electron chi connectivity index (χ0n) is 14.9. The van der Waals surface area contributed by atoms with Crippen molar-refractivity contribution < 1.29 is 18.4 Å². The van der Waals surface area contributed by atoms with Gasteiger partial charge < -0.3 is 10.6 Å². The molecule has 5 rings (SSSR count). The Kier molecular flexibility index (Phi) is 4.24. The summed E-state index contributed by atoms with van der Waals surface area (Å²) in [4.78, 5) is 25.3. The van der Waals surface area contributed by atoms with Crippen LogP contribution < -0.4 is 10.6 Å². The summed E-state index contributed by atoms with van der Waals surface area (Å²) in [6, 6.07) is 2.20. The molecule has 0 aromatic heterocycles. The molecule has 1 aromatic carbocycles. The van der Waals surface area contributed by atoms with Crippen LogP contribution in [0.3, 0.4) is 0 Å². The third kappa shape index (κ3) is 3.10. The first-order valence-electron chi connectivity index (χ1n) is 9.41. The Labute approximate surface area is 151 Å². The van der Waals surface area contributed by atoms with Crippen molar-refractivity contribution in [3.8, 4) is 0 Å². The van der Waals surface area contributed by atoms with Gasteiger partial charge in [-0.2, -0.15) is 0 Å². The fourth-order valence-electron chi connectivity index (χ4n) is 5.64. The van der Waals surface area contributed by atoms with E-state index in [0.717, 1.165) is 25.3 Å². The number of nitrogens with one attached hydrogen (secondary N) is 2. The van der Waals surface area contributed by atoms with Crippen LogP contribution in [0.5, 0.6) is 0 Å². The highest BCUT2D eigenvalue weighted by atomic mass is 19.1. The fourth-order valence-corrected chi connectivity index (χ4v) is 5.64. The monoisotopic (exact) mass is 362 g/mol. The van der Waals surface area contributed by atoms with Crippen molar-refractivity contribution in [3.05, 3.63) is 29.8 Å². The van der Waals surface area contributed by atoms with Crippen molar-refractivity contribution in [3.63, 3.8) is 0 Å². The summed E-state index contributed by atoms with van der Waals surface area (Å²) in [5.41, 5.74) is -0.419. The Bertz CT molecular complexity index is 714. The summed E-state index contributed by atoms with van der Waals surface area (Å²) in [6.07, 6.45) is 6.49. The summed E-state index contributed by atoms with van der Waals surface area (Å²) in [6.45, 7) is 1.59. The highest BCUT2D eigenvalue weighted by Crippen LogP contribution is 2.60. The van der Waals surface area contributed by atoms with Crippen molar-refractivity contribution >= 4 is 17.5 Å². The predicted molar refractivity (Wildman–Crippen MR) is 93.2 cm³/mol. The van der Waals surface area contributed by atoms with E-state index >= 15 is 0 Å². The largest absolute Gasteiger partial charge is 0.344 e. The van der Waals surface area contributed by atoms with Gasteiger partial charge in [-0.1, -0.05) is 0 Å². The van der Waals surface area contributed by atoms with Crippen LogP contribution >= 0.6 is 0 Å². The summed E-state index contributed by atoms with van der Waals surface area (Å²) >= 11 is 0. The lowest BCUT2D eigenvalue weighted by molar-refractivity contribution is -0.147. The lowest BCUT2D eigenvalue weighted by Gasteiger charge is -2.55. The summed E-state index contributed by atoms with van der Waals surface area (Å²) in [5.74, 6) is -0.160. The fraction of sp³-hybridized carbons (Fsp3) is 0.600. The Balaban J connectivity index is 1.40. The number of amides is 2. The van der Waals surface area contributed by atoms with Crippen molar-refractivity contribution in [2.24, 2.45) is 23.2 Å². The molecule has 0 unspecified atom stereocenters. The van der Waals surface area contributed by atoms with Crippen molar-refractivity contribution in [2.75, 3.05) is 5.32 Å². The molecule has 4 fully saturated rings. The molecule has 4 bridgehead atoms. The molecule has 4 saturated carbocycles. The van der Waals surface area contributed by atoms with Crippen LogP contribution in [0, 0.1) is 34.8 Å². The van der Waals surface area contributed by atoms with E-state index in [1.807, 2.05) is 0 Å². The van der Waals surface area contributed by atoms with Crippen LogP contribution in [0.25, 0.3) is 0 Å². The van der Waals surface area contributed by atoms with Gasteiger partial charge in [-0.05, 0) is 75.3 Å². The van der Waals surface area contributed by atoms with Gasteiger partial charge in [0.1, 0.15) is 17.7 Å². The van der Waals surface area contributed by atoms with E-state index in [0.29, 0.717) is 23.8 Å². The number of hydrogen-bond donors (Lipinski definition) is 2. The number of halogens is 2. The first-order valence-corrected chi connectivity index (χ1v) is 9.41. The Morgan fingerprint density at radius 1 is 1.08 bits per heavy atom. The molecule has 1 atom stereocenters. The number of carbonyl (C=O) groups excluding carboxylic acids is 2. The zero-order chi connectivity index (χ0) is 18.5. The van der Waals surface area contributed by atoms with E-state index in [2.05, 4.69) is 10.6 Å².